The van der Waals surface area contributed by atoms with Crippen molar-refractivity contribution in [3.63, 3.8) is 0 Å². The van der Waals surface area contributed by atoms with Crippen molar-refractivity contribution in [2.75, 3.05) is 13.7 Å². The fourth-order valence-electron chi connectivity index (χ4n) is 1.76. The number of carbonyl (C=O) groups is 1. The smallest absolute Gasteiger partial charge is 0.342 e. The Morgan fingerprint density at radius 1 is 1.61 bits per heavy atom. The SMILES string of the molecule is CCOC(=O)c1cnc(C(OC)C2CC2)nc1Cl. The van der Waals surface area contributed by atoms with Crippen LogP contribution in [-0.4, -0.2) is 29.7 Å². The van der Waals surface area contributed by atoms with Gasteiger partial charge in [0.25, 0.3) is 0 Å². The molecule has 6 heteroatoms. The summed E-state index contributed by atoms with van der Waals surface area (Å²) in [7, 11) is 1.62. The van der Waals surface area contributed by atoms with Gasteiger partial charge in [-0.1, -0.05) is 11.6 Å². The molecule has 0 N–H and O–H groups in total. The summed E-state index contributed by atoms with van der Waals surface area (Å²) in [6, 6.07) is 0. The minimum absolute atomic E-state index is 0.112. The van der Waals surface area contributed by atoms with Crippen LogP contribution in [0.25, 0.3) is 0 Å². The van der Waals surface area contributed by atoms with Gasteiger partial charge >= 0.3 is 5.97 Å². The number of esters is 1. The van der Waals surface area contributed by atoms with Gasteiger partial charge in [-0.05, 0) is 25.7 Å². The van der Waals surface area contributed by atoms with E-state index < -0.39 is 5.97 Å². The fourth-order valence-corrected chi connectivity index (χ4v) is 1.98. The Morgan fingerprint density at radius 2 is 2.33 bits per heavy atom. The summed E-state index contributed by atoms with van der Waals surface area (Å²) in [5.41, 5.74) is 0.188. The van der Waals surface area contributed by atoms with Crippen LogP contribution in [0.4, 0.5) is 0 Å². The van der Waals surface area contributed by atoms with Gasteiger partial charge in [-0.15, -0.1) is 0 Å². The molecule has 18 heavy (non-hydrogen) atoms. The van der Waals surface area contributed by atoms with E-state index in [1.165, 1.54) is 6.20 Å². The molecular weight excluding hydrogens is 256 g/mol. The normalized spacial score (nSPS) is 16.4. The summed E-state index contributed by atoms with van der Waals surface area (Å²) < 4.78 is 10.2. The molecule has 1 aliphatic rings. The summed E-state index contributed by atoms with van der Waals surface area (Å²) >= 11 is 5.98. The fraction of sp³-hybridized carbons (Fsp3) is 0.583. The first-order chi connectivity index (χ1) is 8.67. The van der Waals surface area contributed by atoms with Crippen molar-refractivity contribution in [1.82, 2.24) is 9.97 Å². The molecule has 0 amide bonds. The molecule has 1 aliphatic carbocycles. The zero-order chi connectivity index (χ0) is 13.1. The maximum Gasteiger partial charge on any atom is 0.342 e. The molecule has 1 aromatic heterocycles. The van der Waals surface area contributed by atoms with Crippen LogP contribution in [0.1, 0.15) is 42.1 Å². The van der Waals surface area contributed by atoms with Crippen LogP contribution in [-0.2, 0) is 9.47 Å². The number of hydrogen-bond acceptors (Lipinski definition) is 5. The van der Waals surface area contributed by atoms with Crippen molar-refractivity contribution in [2.45, 2.75) is 25.9 Å². The Bertz CT molecular complexity index is 449. The molecule has 5 nitrogen and oxygen atoms in total. The highest BCUT2D eigenvalue weighted by molar-refractivity contribution is 6.32. The van der Waals surface area contributed by atoms with Gasteiger partial charge in [-0.3, -0.25) is 0 Å². The lowest BCUT2D eigenvalue weighted by Crippen LogP contribution is -2.12. The number of nitrogens with zero attached hydrogens (tertiary/aromatic N) is 2. The van der Waals surface area contributed by atoms with Crippen LogP contribution in [0.2, 0.25) is 5.15 Å². The van der Waals surface area contributed by atoms with Gasteiger partial charge in [0.2, 0.25) is 0 Å². The molecule has 1 heterocycles. The molecule has 0 bridgehead atoms. The average Bonchev–Trinajstić information content (AvgIpc) is 3.15. The summed E-state index contributed by atoms with van der Waals surface area (Å²) in [5, 5.41) is 0.112. The molecule has 1 saturated carbocycles. The molecule has 2 rings (SSSR count). The minimum atomic E-state index is -0.505. The lowest BCUT2D eigenvalue weighted by molar-refractivity contribution is 0.0523. The molecule has 0 aliphatic heterocycles. The van der Waals surface area contributed by atoms with Crippen molar-refractivity contribution >= 4 is 17.6 Å². The lowest BCUT2D eigenvalue weighted by Gasteiger charge is -2.13. The molecule has 1 atom stereocenters. The van der Waals surface area contributed by atoms with Gasteiger partial charge < -0.3 is 9.47 Å². The van der Waals surface area contributed by atoms with Crippen LogP contribution in [0.3, 0.4) is 0 Å². The van der Waals surface area contributed by atoms with Gasteiger partial charge in [0.05, 0.1) is 6.61 Å². The van der Waals surface area contributed by atoms with Crippen LogP contribution in [0, 0.1) is 5.92 Å². The van der Waals surface area contributed by atoms with Gasteiger partial charge in [0.15, 0.2) is 5.82 Å². The number of halogens is 1. The van der Waals surface area contributed by atoms with E-state index in [9.17, 15) is 4.79 Å². The Balaban J connectivity index is 2.20. The lowest BCUT2D eigenvalue weighted by atomic mass is 10.2. The quantitative estimate of drug-likeness (QED) is 0.607. The highest BCUT2D eigenvalue weighted by Crippen LogP contribution is 2.42. The average molecular weight is 271 g/mol. The van der Waals surface area contributed by atoms with E-state index in [1.807, 2.05) is 0 Å². The van der Waals surface area contributed by atoms with E-state index in [0.717, 1.165) is 12.8 Å². The van der Waals surface area contributed by atoms with Crippen LogP contribution < -0.4 is 0 Å². The van der Waals surface area contributed by atoms with Gasteiger partial charge in [0, 0.05) is 13.3 Å². The Morgan fingerprint density at radius 3 is 2.83 bits per heavy atom. The summed E-state index contributed by atoms with van der Waals surface area (Å²) in [4.78, 5) is 19.8. The highest BCUT2D eigenvalue weighted by atomic mass is 35.5. The second kappa shape index (κ2) is 5.63. The summed E-state index contributed by atoms with van der Waals surface area (Å²) in [6.45, 7) is 2.02. The second-order valence-electron chi connectivity index (χ2n) is 4.15. The van der Waals surface area contributed by atoms with Crippen LogP contribution in [0.15, 0.2) is 6.20 Å². The third-order valence-electron chi connectivity index (χ3n) is 2.81. The van der Waals surface area contributed by atoms with E-state index in [1.54, 1.807) is 14.0 Å². The van der Waals surface area contributed by atoms with E-state index in [0.29, 0.717) is 18.3 Å². The number of carbonyl (C=O) groups excluding carboxylic acids is 1. The van der Waals surface area contributed by atoms with E-state index in [2.05, 4.69) is 9.97 Å². The zero-order valence-electron chi connectivity index (χ0n) is 10.4. The number of rotatable bonds is 5. The Labute approximate surface area is 110 Å². The molecule has 0 radical (unpaired) electrons. The number of hydrogen-bond donors (Lipinski definition) is 0. The third-order valence-corrected chi connectivity index (χ3v) is 3.10. The number of ether oxygens (including phenoxy) is 2. The molecule has 1 unspecified atom stereocenters. The molecule has 1 fully saturated rings. The van der Waals surface area contributed by atoms with Crippen molar-refractivity contribution < 1.29 is 14.3 Å². The predicted octanol–water partition coefficient (Wildman–Crippen LogP) is 2.40. The van der Waals surface area contributed by atoms with Crippen LogP contribution in [0.5, 0.6) is 0 Å². The van der Waals surface area contributed by atoms with E-state index >= 15 is 0 Å². The zero-order valence-corrected chi connectivity index (χ0v) is 11.1. The minimum Gasteiger partial charge on any atom is -0.462 e. The molecule has 1 aromatic rings. The maximum absolute atomic E-state index is 11.5. The van der Waals surface area contributed by atoms with E-state index in [4.69, 9.17) is 21.1 Å². The largest absolute Gasteiger partial charge is 0.462 e. The molecule has 0 saturated heterocycles. The standard InChI is InChI=1S/C12H15ClN2O3/c1-3-18-12(16)8-6-14-11(15-10(8)13)9(17-2)7-4-5-7/h6-7,9H,3-5H2,1-2H3. The van der Waals surface area contributed by atoms with Crippen LogP contribution >= 0.6 is 11.6 Å². The molecule has 98 valence electrons. The third kappa shape index (κ3) is 2.79. The van der Waals surface area contributed by atoms with Crippen molar-refractivity contribution in [2.24, 2.45) is 5.92 Å². The van der Waals surface area contributed by atoms with Crippen molar-refractivity contribution in [1.29, 1.82) is 0 Å². The van der Waals surface area contributed by atoms with E-state index in [-0.39, 0.29) is 16.8 Å². The summed E-state index contributed by atoms with van der Waals surface area (Å²) in [6.07, 6.45) is 3.48. The van der Waals surface area contributed by atoms with Gasteiger partial charge in [-0.25, -0.2) is 14.8 Å². The van der Waals surface area contributed by atoms with Gasteiger partial charge in [0.1, 0.15) is 16.8 Å². The topological polar surface area (TPSA) is 61.3 Å². The van der Waals surface area contributed by atoms with Crippen molar-refractivity contribution in [3.8, 4) is 0 Å². The Kier molecular flexibility index (Phi) is 4.14. The first-order valence-electron chi connectivity index (χ1n) is 5.89. The number of aromatic nitrogens is 2. The molecular formula is C12H15ClN2O3. The summed E-state index contributed by atoms with van der Waals surface area (Å²) in [5.74, 6) is 0.479. The van der Waals surface area contributed by atoms with Gasteiger partial charge in [-0.2, -0.15) is 0 Å². The highest BCUT2D eigenvalue weighted by Gasteiger charge is 2.34. The monoisotopic (exact) mass is 270 g/mol. The molecule has 0 spiro atoms. The predicted molar refractivity (Wildman–Crippen MR) is 65.5 cm³/mol. The number of methoxy groups -OCH3 is 1. The van der Waals surface area contributed by atoms with Crippen molar-refractivity contribution in [3.05, 3.63) is 22.7 Å². The molecule has 0 aromatic carbocycles. The second-order valence-corrected chi connectivity index (χ2v) is 4.50. The first-order valence-corrected chi connectivity index (χ1v) is 6.27. The first kappa shape index (κ1) is 13.2. The Hall–Kier alpha value is -1.20. The maximum atomic E-state index is 11.5.